The number of allylic oxidation sites excluding steroid dienone is 6. The maximum Gasteiger partial charge on any atom is 4.00 e. The summed E-state index contributed by atoms with van der Waals surface area (Å²) in [7, 11) is 0. The predicted octanol–water partition coefficient (Wildman–Crippen LogP) is 4.33. The Labute approximate surface area is 170 Å². The van der Waals surface area contributed by atoms with E-state index in [2.05, 4.69) is 46.1 Å². The standard InChI is InChI=1S/2C6H11O.C5H5.C4H9.Hf/c2*1-3-4-5-6(2)7;1-2-4-5-3-1;1-4(2)3;/h2*3,6H,1,4-5H2,2H3;1-3H,4H2;1-3H3;/q4*-1;+4. The second kappa shape index (κ2) is 27.6. The monoisotopic (exact) mass is 500 g/mol. The molecule has 0 bridgehead atoms. The number of hydrogen-bond donors (Lipinski definition) is 0. The molecule has 136 valence electrons. The minimum Gasteiger partial charge on any atom is -0.852 e. The summed E-state index contributed by atoms with van der Waals surface area (Å²) in [5.41, 5.74) is 0. The van der Waals surface area contributed by atoms with Crippen molar-refractivity contribution in [2.45, 2.75) is 78.9 Å². The van der Waals surface area contributed by atoms with Crippen LogP contribution in [-0.2, 0) is 25.8 Å². The molecule has 0 N–H and O–H groups in total. The van der Waals surface area contributed by atoms with Crippen molar-refractivity contribution in [2.24, 2.45) is 0 Å². The fraction of sp³-hybridized carbons (Fsp3) is 0.571. The van der Waals surface area contributed by atoms with Crippen molar-refractivity contribution in [3.63, 3.8) is 0 Å². The smallest absolute Gasteiger partial charge is 0.852 e. The van der Waals surface area contributed by atoms with Crippen LogP contribution in [0.2, 0.25) is 0 Å². The van der Waals surface area contributed by atoms with E-state index in [9.17, 15) is 10.2 Å². The van der Waals surface area contributed by atoms with Gasteiger partial charge in [0.1, 0.15) is 0 Å². The Morgan fingerprint density at radius 2 is 1.42 bits per heavy atom. The van der Waals surface area contributed by atoms with Crippen LogP contribution in [0.25, 0.3) is 0 Å². The van der Waals surface area contributed by atoms with Crippen molar-refractivity contribution in [1.29, 1.82) is 0 Å². The van der Waals surface area contributed by atoms with E-state index >= 15 is 0 Å². The van der Waals surface area contributed by atoms with Crippen LogP contribution in [0.4, 0.5) is 0 Å². The molecule has 1 aliphatic rings. The molecule has 1 aliphatic carbocycles. The zero-order chi connectivity index (χ0) is 18.5. The average Bonchev–Trinajstić information content (AvgIpc) is 3.02. The van der Waals surface area contributed by atoms with Gasteiger partial charge in [-0.3, -0.25) is 6.08 Å². The molecule has 2 unspecified atom stereocenters. The van der Waals surface area contributed by atoms with Crippen molar-refractivity contribution < 1.29 is 36.1 Å². The molecule has 0 aromatic rings. The molecule has 1 rings (SSSR count). The Kier molecular flexibility index (Phi) is 36.2. The predicted molar refractivity (Wildman–Crippen MR) is 99.6 cm³/mol. The third kappa shape index (κ3) is 57.6. The number of rotatable bonds is 6. The molecule has 24 heavy (non-hydrogen) atoms. The van der Waals surface area contributed by atoms with Gasteiger partial charge in [0, 0.05) is 0 Å². The summed E-state index contributed by atoms with van der Waals surface area (Å²) in [5.74, 6) is 1.42. The molecule has 0 heterocycles. The van der Waals surface area contributed by atoms with Crippen LogP contribution in [0.15, 0.2) is 43.5 Å². The summed E-state index contributed by atoms with van der Waals surface area (Å²) in [5, 5.41) is 20.5. The largest absolute Gasteiger partial charge is 4.00 e. The Hall–Kier alpha value is -0.250. The van der Waals surface area contributed by atoms with E-state index in [0.717, 1.165) is 32.1 Å². The minimum absolute atomic E-state index is 0. The van der Waals surface area contributed by atoms with Gasteiger partial charge in [-0.1, -0.05) is 38.8 Å². The molecule has 0 aromatic heterocycles. The SMILES string of the molecule is C=CCCC(C)[O-].C=CCCC(C)[O-].C[C-](C)C.[C-]1=CC=CC1.[Hf+4]. The van der Waals surface area contributed by atoms with E-state index in [-0.39, 0.29) is 25.8 Å². The van der Waals surface area contributed by atoms with E-state index in [1.54, 1.807) is 26.0 Å². The van der Waals surface area contributed by atoms with E-state index in [4.69, 9.17) is 0 Å². The molecule has 0 saturated heterocycles. The summed E-state index contributed by atoms with van der Waals surface area (Å²) in [6.07, 6.45) is 15.9. The Morgan fingerprint density at radius 1 is 1.04 bits per heavy atom. The van der Waals surface area contributed by atoms with Gasteiger partial charge in [-0.25, -0.2) is 12.2 Å². The van der Waals surface area contributed by atoms with Crippen molar-refractivity contribution in [2.75, 3.05) is 0 Å². The molecule has 2 nitrogen and oxygen atoms in total. The molecule has 2 atom stereocenters. The Balaban J connectivity index is -0.000000112. The van der Waals surface area contributed by atoms with E-state index in [0.29, 0.717) is 0 Å². The Bertz CT molecular complexity index is 263. The first-order valence-electron chi connectivity index (χ1n) is 8.29. The normalized spacial score (nSPS) is 13.0. The van der Waals surface area contributed by atoms with Crippen LogP contribution in [-0.4, -0.2) is 12.2 Å². The fourth-order valence-electron chi connectivity index (χ4n) is 1.05. The summed E-state index contributed by atoms with van der Waals surface area (Å²) >= 11 is 0. The van der Waals surface area contributed by atoms with Gasteiger partial charge in [0.15, 0.2) is 0 Å². The summed E-state index contributed by atoms with van der Waals surface area (Å²) < 4.78 is 0. The zero-order valence-corrected chi connectivity index (χ0v) is 19.9. The van der Waals surface area contributed by atoms with E-state index < -0.39 is 12.2 Å². The summed E-state index contributed by atoms with van der Waals surface area (Å²) in [6, 6.07) is 0. The molecule has 0 aliphatic heterocycles. The van der Waals surface area contributed by atoms with Gasteiger partial charge in [-0.2, -0.15) is 26.8 Å². The first kappa shape index (κ1) is 31.5. The average molecular weight is 499 g/mol. The van der Waals surface area contributed by atoms with Crippen LogP contribution in [0.5, 0.6) is 0 Å². The van der Waals surface area contributed by atoms with Gasteiger partial charge in [-0.05, 0) is 12.8 Å². The molecular formula is C21H36HfO2. The first-order valence-corrected chi connectivity index (χ1v) is 8.29. The zero-order valence-electron chi connectivity index (χ0n) is 16.3. The summed E-state index contributed by atoms with van der Waals surface area (Å²) in [4.78, 5) is 0. The van der Waals surface area contributed by atoms with Crippen molar-refractivity contribution in [3.8, 4) is 0 Å². The fourth-order valence-corrected chi connectivity index (χ4v) is 1.05. The number of hydrogen-bond acceptors (Lipinski definition) is 2. The first-order chi connectivity index (χ1) is 10.8. The molecule has 0 spiro atoms. The van der Waals surface area contributed by atoms with E-state index in [1.165, 1.54) is 5.92 Å². The van der Waals surface area contributed by atoms with Gasteiger partial charge < -0.3 is 16.1 Å². The molecule has 0 amide bonds. The van der Waals surface area contributed by atoms with Crippen LogP contribution < -0.4 is 10.2 Å². The molecule has 0 radical (unpaired) electrons. The second-order valence-corrected chi connectivity index (χ2v) is 5.86. The second-order valence-electron chi connectivity index (χ2n) is 5.86. The van der Waals surface area contributed by atoms with Crippen LogP contribution in [0.3, 0.4) is 0 Å². The quantitative estimate of drug-likeness (QED) is 0.311. The molecule has 0 saturated carbocycles. The minimum atomic E-state index is -0.419. The van der Waals surface area contributed by atoms with Crippen molar-refractivity contribution in [1.82, 2.24) is 0 Å². The molecular weight excluding hydrogens is 463 g/mol. The van der Waals surface area contributed by atoms with Gasteiger partial charge in [0.05, 0.1) is 0 Å². The Morgan fingerprint density at radius 3 is 1.50 bits per heavy atom. The molecule has 0 aromatic carbocycles. The van der Waals surface area contributed by atoms with Crippen LogP contribution in [0, 0.1) is 12.0 Å². The van der Waals surface area contributed by atoms with Gasteiger partial charge >= 0.3 is 25.8 Å². The van der Waals surface area contributed by atoms with Crippen LogP contribution >= 0.6 is 0 Å². The van der Waals surface area contributed by atoms with Crippen molar-refractivity contribution in [3.05, 3.63) is 55.5 Å². The molecule has 0 fully saturated rings. The van der Waals surface area contributed by atoms with Crippen LogP contribution in [0.1, 0.15) is 66.7 Å². The van der Waals surface area contributed by atoms with E-state index in [1.807, 2.05) is 12.2 Å². The third-order valence-electron chi connectivity index (χ3n) is 2.14. The maximum atomic E-state index is 10.2. The summed E-state index contributed by atoms with van der Waals surface area (Å²) in [6.45, 7) is 16.6. The third-order valence-corrected chi connectivity index (χ3v) is 2.14. The molecule has 3 heteroatoms. The van der Waals surface area contributed by atoms with Gasteiger partial charge in [0.25, 0.3) is 0 Å². The topological polar surface area (TPSA) is 46.1 Å². The maximum absolute atomic E-state index is 10.2. The van der Waals surface area contributed by atoms with Crippen molar-refractivity contribution >= 4 is 0 Å². The van der Waals surface area contributed by atoms with Gasteiger partial charge in [-0.15, -0.1) is 31.8 Å². The van der Waals surface area contributed by atoms with Gasteiger partial charge in [0.2, 0.25) is 0 Å².